The molecule has 1 saturated carbocycles. The minimum absolute atomic E-state index is 0.295. The molecule has 0 spiro atoms. The van der Waals surface area contributed by atoms with Crippen LogP contribution in [0.25, 0.3) is 0 Å². The zero-order chi connectivity index (χ0) is 6.91. The van der Waals surface area contributed by atoms with Gasteiger partial charge in [-0.15, -0.1) is 0 Å². The Balaban J connectivity index is 2.25. The average molecular weight is 130 g/mol. The highest BCUT2D eigenvalue weighted by Gasteiger charge is 2.49. The van der Waals surface area contributed by atoms with Gasteiger partial charge in [-0.2, -0.15) is 0 Å². The second kappa shape index (κ2) is 2.27. The van der Waals surface area contributed by atoms with Gasteiger partial charge in [0.1, 0.15) is 0 Å². The Labute approximate surface area is 55.8 Å². The molecule has 0 unspecified atom stereocenters. The van der Waals surface area contributed by atoms with Crippen molar-refractivity contribution in [2.45, 2.75) is 13.3 Å². The molecular formula is C7H14O2. The summed E-state index contributed by atoms with van der Waals surface area (Å²) in [5, 5.41) is 8.71. The Morgan fingerprint density at radius 1 is 1.78 bits per heavy atom. The van der Waals surface area contributed by atoms with Crippen LogP contribution in [0.3, 0.4) is 0 Å². The van der Waals surface area contributed by atoms with E-state index >= 15 is 0 Å². The van der Waals surface area contributed by atoms with Gasteiger partial charge in [0, 0.05) is 13.7 Å². The van der Waals surface area contributed by atoms with Crippen molar-refractivity contribution >= 4 is 0 Å². The number of aliphatic hydroxyl groups is 1. The van der Waals surface area contributed by atoms with Gasteiger partial charge in [-0.05, 0) is 17.8 Å². The Hall–Kier alpha value is -0.0800. The standard InChI is InChI=1S/C7H14O2/c1-7(5-9-2)3-6(7)4-8/h6,8H,3-5H2,1-2H3/t6-,7+/m1/s1. The first-order chi connectivity index (χ1) is 4.23. The number of hydrogen-bond donors (Lipinski definition) is 1. The molecule has 0 heterocycles. The van der Waals surface area contributed by atoms with E-state index < -0.39 is 0 Å². The minimum Gasteiger partial charge on any atom is -0.396 e. The molecule has 1 aliphatic rings. The SMILES string of the molecule is COC[C@]1(C)C[C@@H]1CO. The van der Waals surface area contributed by atoms with Gasteiger partial charge in [-0.1, -0.05) is 6.92 Å². The van der Waals surface area contributed by atoms with Gasteiger partial charge in [0.25, 0.3) is 0 Å². The van der Waals surface area contributed by atoms with Crippen molar-refractivity contribution in [1.29, 1.82) is 0 Å². The summed E-state index contributed by atoms with van der Waals surface area (Å²) in [6.07, 6.45) is 1.12. The molecule has 1 N–H and O–H groups in total. The van der Waals surface area contributed by atoms with E-state index in [-0.39, 0.29) is 0 Å². The first kappa shape index (κ1) is 7.03. The predicted molar refractivity (Wildman–Crippen MR) is 35.2 cm³/mol. The number of rotatable bonds is 3. The summed E-state index contributed by atoms with van der Waals surface area (Å²) in [6.45, 7) is 3.26. The Bertz CT molecular complexity index is 103. The molecule has 54 valence electrons. The van der Waals surface area contributed by atoms with E-state index in [2.05, 4.69) is 6.92 Å². The van der Waals surface area contributed by atoms with Crippen molar-refractivity contribution in [3.8, 4) is 0 Å². The third kappa shape index (κ3) is 1.25. The van der Waals surface area contributed by atoms with Crippen molar-refractivity contribution in [2.24, 2.45) is 11.3 Å². The van der Waals surface area contributed by atoms with Crippen LogP contribution in [0.5, 0.6) is 0 Å². The van der Waals surface area contributed by atoms with E-state index in [9.17, 15) is 0 Å². The monoisotopic (exact) mass is 130 g/mol. The maximum absolute atomic E-state index is 8.71. The summed E-state index contributed by atoms with van der Waals surface area (Å²) in [5.74, 6) is 0.498. The maximum Gasteiger partial charge on any atom is 0.0519 e. The summed E-state index contributed by atoms with van der Waals surface area (Å²) in [6, 6.07) is 0. The van der Waals surface area contributed by atoms with Crippen LogP contribution in [0, 0.1) is 11.3 Å². The van der Waals surface area contributed by atoms with Crippen molar-refractivity contribution in [3.63, 3.8) is 0 Å². The molecule has 2 nitrogen and oxygen atoms in total. The van der Waals surface area contributed by atoms with Crippen LogP contribution < -0.4 is 0 Å². The smallest absolute Gasteiger partial charge is 0.0519 e. The average Bonchev–Trinajstić information content (AvgIpc) is 2.43. The summed E-state index contributed by atoms with van der Waals surface area (Å²) < 4.78 is 4.99. The van der Waals surface area contributed by atoms with Crippen molar-refractivity contribution in [3.05, 3.63) is 0 Å². The lowest BCUT2D eigenvalue weighted by molar-refractivity contribution is 0.131. The molecule has 1 rings (SSSR count). The highest BCUT2D eigenvalue weighted by molar-refractivity contribution is 4.98. The second-order valence-electron chi connectivity index (χ2n) is 3.17. The number of aliphatic hydroxyl groups excluding tert-OH is 1. The maximum atomic E-state index is 8.71. The van der Waals surface area contributed by atoms with Gasteiger partial charge in [-0.3, -0.25) is 0 Å². The molecule has 1 fully saturated rings. The van der Waals surface area contributed by atoms with Crippen molar-refractivity contribution in [1.82, 2.24) is 0 Å². The topological polar surface area (TPSA) is 29.5 Å². The van der Waals surface area contributed by atoms with E-state index in [4.69, 9.17) is 9.84 Å². The van der Waals surface area contributed by atoms with Gasteiger partial charge >= 0.3 is 0 Å². The van der Waals surface area contributed by atoms with Gasteiger partial charge in [0.05, 0.1) is 6.61 Å². The van der Waals surface area contributed by atoms with Crippen LogP contribution in [0.1, 0.15) is 13.3 Å². The van der Waals surface area contributed by atoms with Gasteiger partial charge in [-0.25, -0.2) is 0 Å². The summed E-state index contributed by atoms with van der Waals surface area (Å²) in [7, 11) is 1.71. The molecule has 0 radical (unpaired) electrons. The molecular weight excluding hydrogens is 116 g/mol. The van der Waals surface area contributed by atoms with Gasteiger partial charge < -0.3 is 9.84 Å². The van der Waals surface area contributed by atoms with E-state index in [0.29, 0.717) is 17.9 Å². The zero-order valence-corrected chi connectivity index (χ0v) is 6.05. The third-order valence-electron chi connectivity index (χ3n) is 2.23. The number of methoxy groups -OCH3 is 1. The van der Waals surface area contributed by atoms with Crippen LogP contribution in [0.15, 0.2) is 0 Å². The first-order valence-corrected chi connectivity index (χ1v) is 3.33. The third-order valence-corrected chi connectivity index (χ3v) is 2.23. The number of hydrogen-bond acceptors (Lipinski definition) is 2. The Morgan fingerprint density at radius 3 is 2.78 bits per heavy atom. The van der Waals surface area contributed by atoms with E-state index in [1.807, 2.05) is 0 Å². The summed E-state index contributed by atoms with van der Waals surface area (Å²) in [4.78, 5) is 0. The normalized spacial score (nSPS) is 41.0. The first-order valence-electron chi connectivity index (χ1n) is 3.33. The van der Waals surface area contributed by atoms with Crippen LogP contribution >= 0.6 is 0 Å². The molecule has 0 aliphatic heterocycles. The molecule has 0 aromatic heterocycles. The molecule has 0 amide bonds. The largest absolute Gasteiger partial charge is 0.396 e. The molecule has 0 bridgehead atoms. The van der Waals surface area contributed by atoms with Crippen LogP contribution in [0.4, 0.5) is 0 Å². The highest BCUT2D eigenvalue weighted by atomic mass is 16.5. The molecule has 0 saturated heterocycles. The van der Waals surface area contributed by atoms with Crippen molar-refractivity contribution < 1.29 is 9.84 Å². The minimum atomic E-state index is 0.295. The number of ether oxygens (including phenoxy) is 1. The van der Waals surface area contributed by atoms with E-state index in [0.717, 1.165) is 13.0 Å². The van der Waals surface area contributed by atoms with Gasteiger partial charge in [0.15, 0.2) is 0 Å². The Morgan fingerprint density at radius 2 is 2.44 bits per heavy atom. The Kier molecular flexibility index (Phi) is 1.78. The molecule has 2 heteroatoms. The predicted octanol–water partition coefficient (Wildman–Crippen LogP) is 0.651. The summed E-state index contributed by atoms with van der Waals surface area (Å²) >= 11 is 0. The zero-order valence-electron chi connectivity index (χ0n) is 6.05. The van der Waals surface area contributed by atoms with Crippen LogP contribution in [-0.2, 0) is 4.74 Å². The molecule has 0 aromatic carbocycles. The fourth-order valence-corrected chi connectivity index (χ4v) is 1.30. The quantitative estimate of drug-likeness (QED) is 0.608. The van der Waals surface area contributed by atoms with Gasteiger partial charge in [0.2, 0.25) is 0 Å². The van der Waals surface area contributed by atoms with Crippen LogP contribution in [0.2, 0.25) is 0 Å². The molecule has 1 aliphatic carbocycles. The fourth-order valence-electron chi connectivity index (χ4n) is 1.30. The molecule has 9 heavy (non-hydrogen) atoms. The second-order valence-corrected chi connectivity index (χ2v) is 3.17. The van der Waals surface area contributed by atoms with E-state index in [1.165, 1.54) is 0 Å². The lowest BCUT2D eigenvalue weighted by Crippen LogP contribution is -2.08. The lowest BCUT2D eigenvalue weighted by atomic mass is 10.1. The lowest BCUT2D eigenvalue weighted by Gasteiger charge is -2.06. The molecule has 0 aromatic rings. The fraction of sp³-hybridized carbons (Fsp3) is 1.00. The van der Waals surface area contributed by atoms with E-state index in [1.54, 1.807) is 7.11 Å². The molecule has 2 atom stereocenters. The summed E-state index contributed by atoms with van der Waals surface area (Å²) in [5.41, 5.74) is 0.295. The van der Waals surface area contributed by atoms with Crippen LogP contribution in [-0.4, -0.2) is 25.4 Å². The van der Waals surface area contributed by atoms with Crippen molar-refractivity contribution in [2.75, 3.05) is 20.3 Å². The highest BCUT2D eigenvalue weighted by Crippen LogP contribution is 2.51.